The van der Waals surface area contributed by atoms with E-state index in [1.165, 1.54) is 18.2 Å². The summed E-state index contributed by atoms with van der Waals surface area (Å²) in [4.78, 5) is 42.1. The number of aromatic nitrogens is 2. The molecule has 0 spiro atoms. The van der Waals surface area contributed by atoms with E-state index in [2.05, 4.69) is 33.8 Å². The SMILES string of the molecule is C=C(C(=O)O)c1ccc(Nc2nc3ccc([N+](=O)[O-])cc3nc2Nc2ccc(C(=C)C(=O)O)cc2)cc1. The average Bonchev–Trinajstić information content (AvgIpc) is 2.88. The van der Waals surface area contributed by atoms with Crippen LogP contribution in [-0.2, 0) is 9.59 Å². The Labute approximate surface area is 209 Å². The summed E-state index contributed by atoms with van der Waals surface area (Å²) < 4.78 is 0. The van der Waals surface area contributed by atoms with Crippen molar-refractivity contribution < 1.29 is 24.7 Å². The number of carbonyl (C=O) groups is 2. The van der Waals surface area contributed by atoms with Crippen LogP contribution in [0.2, 0.25) is 0 Å². The minimum atomic E-state index is -1.13. The molecular formula is C26H19N5O6. The molecule has 0 aliphatic rings. The molecule has 0 saturated carbocycles. The summed E-state index contributed by atoms with van der Waals surface area (Å²) >= 11 is 0. The summed E-state index contributed by atoms with van der Waals surface area (Å²) in [5.74, 6) is -1.71. The first kappa shape index (κ1) is 24.5. The lowest BCUT2D eigenvalue weighted by molar-refractivity contribution is -0.384. The number of hydrogen-bond acceptors (Lipinski definition) is 8. The maximum absolute atomic E-state index is 11.2. The number of nitro benzene ring substituents is 1. The van der Waals surface area contributed by atoms with Crippen molar-refractivity contribution in [3.05, 3.63) is 101 Å². The van der Waals surface area contributed by atoms with Gasteiger partial charge in [-0.25, -0.2) is 19.6 Å². The van der Waals surface area contributed by atoms with Crippen LogP contribution in [0, 0.1) is 10.1 Å². The molecule has 1 heterocycles. The fraction of sp³-hybridized carbons (Fsp3) is 0. The zero-order chi connectivity index (χ0) is 26.7. The van der Waals surface area contributed by atoms with E-state index in [0.717, 1.165) is 0 Å². The number of rotatable bonds is 9. The molecule has 184 valence electrons. The van der Waals surface area contributed by atoms with Crippen molar-refractivity contribution in [3.8, 4) is 0 Å². The molecule has 0 saturated heterocycles. The molecule has 0 unspecified atom stereocenters. The third-order valence-corrected chi connectivity index (χ3v) is 5.37. The molecule has 0 atom stereocenters. The van der Waals surface area contributed by atoms with Gasteiger partial charge in [-0.2, -0.15) is 0 Å². The zero-order valence-corrected chi connectivity index (χ0v) is 19.1. The van der Waals surface area contributed by atoms with Crippen LogP contribution in [0.5, 0.6) is 0 Å². The number of carboxylic acid groups (broad SMARTS) is 2. The van der Waals surface area contributed by atoms with Crippen LogP contribution < -0.4 is 10.6 Å². The lowest BCUT2D eigenvalue weighted by Gasteiger charge is -2.14. The van der Waals surface area contributed by atoms with Crippen molar-refractivity contribution in [2.45, 2.75) is 0 Å². The number of fused-ring (bicyclic) bond motifs is 1. The van der Waals surface area contributed by atoms with E-state index >= 15 is 0 Å². The van der Waals surface area contributed by atoms with Crippen molar-refractivity contribution in [2.24, 2.45) is 0 Å². The Kier molecular flexibility index (Phi) is 6.61. The Balaban J connectivity index is 1.71. The van der Waals surface area contributed by atoms with Crippen LogP contribution in [0.25, 0.3) is 22.2 Å². The molecule has 0 fully saturated rings. The number of hydrogen-bond donors (Lipinski definition) is 4. The van der Waals surface area contributed by atoms with E-state index in [0.29, 0.717) is 33.8 Å². The molecule has 11 nitrogen and oxygen atoms in total. The summed E-state index contributed by atoms with van der Waals surface area (Å²) in [6.07, 6.45) is 0. The van der Waals surface area contributed by atoms with Gasteiger partial charge in [0.2, 0.25) is 0 Å². The first-order valence-electron chi connectivity index (χ1n) is 10.7. The molecule has 0 aliphatic carbocycles. The maximum Gasteiger partial charge on any atom is 0.335 e. The van der Waals surface area contributed by atoms with Gasteiger partial charge in [-0.15, -0.1) is 0 Å². The van der Waals surface area contributed by atoms with Crippen molar-refractivity contribution in [3.63, 3.8) is 0 Å². The van der Waals surface area contributed by atoms with E-state index in [-0.39, 0.29) is 28.2 Å². The van der Waals surface area contributed by atoms with E-state index in [1.54, 1.807) is 48.5 Å². The van der Waals surface area contributed by atoms with Gasteiger partial charge in [0.1, 0.15) is 0 Å². The minimum Gasteiger partial charge on any atom is -0.478 e. The zero-order valence-electron chi connectivity index (χ0n) is 19.1. The number of benzene rings is 3. The van der Waals surface area contributed by atoms with Crippen molar-refractivity contribution in [1.29, 1.82) is 0 Å². The van der Waals surface area contributed by atoms with Gasteiger partial charge in [-0.05, 0) is 41.5 Å². The normalized spacial score (nSPS) is 10.5. The molecule has 4 rings (SSSR count). The highest BCUT2D eigenvalue weighted by atomic mass is 16.6. The highest BCUT2D eigenvalue weighted by Gasteiger charge is 2.15. The quantitative estimate of drug-likeness (QED) is 0.137. The predicted molar refractivity (Wildman–Crippen MR) is 139 cm³/mol. The third kappa shape index (κ3) is 5.41. The standard InChI is InChI=1S/C26H19N5O6/c1-14(25(32)33)16-3-7-18(8-4-16)27-23-24(28-19-9-5-17(6-10-19)15(2)26(34)35)30-22-13-20(31(36)37)11-12-21(22)29-23/h3-13H,1-2H2,(H,27,29)(H,28,30)(H,32,33)(H,34,35). The van der Waals surface area contributed by atoms with Gasteiger partial charge in [-0.1, -0.05) is 37.4 Å². The Morgan fingerprint density at radius 2 is 1.16 bits per heavy atom. The van der Waals surface area contributed by atoms with E-state index in [4.69, 9.17) is 10.2 Å². The fourth-order valence-corrected chi connectivity index (χ4v) is 3.36. The maximum atomic E-state index is 11.2. The summed E-state index contributed by atoms with van der Waals surface area (Å²) in [5.41, 5.74) is 2.45. The largest absolute Gasteiger partial charge is 0.478 e. The predicted octanol–water partition coefficient (Wildman–Crippen LogP) is 5.22. The highest BCUT2D eigenvalue weighted by Crippen LogP contribution is 2.30. The van der Waals surface area contributed by atoms with Crippen LogP contribution in [0.1, 0.15) is 11.1 Å². The Bertz CT molecular complexity index is 1580. The van der Waals surface area contributed by atoms with Gasteiger partial charge in [-0.3, -0.25) is 10.1 Å². The van der Waals surface area contributed by atoms with E-state index in [1.807, 2.05) is 0 Å². The molecule has 1 aromatic heterocycles. The summed E-state index contributed by atoms with van der Waals surface area (Å²) in [6.45, 7) is 7.08. The number of non-ortho nitro benzene ring substituents is 1. The second-order valence-corrected chi connectivity index (χ2v) is 7.82. The lowest BCUT2D eigenvalue weighted by atomic mass is 10.1. The molecule has 11 heteroatoms. The van der Waals surface area contributed by atoms with E-state index < -0.39 is 16.9 Å². The minimum absolute atomic E-state index is 0.0463. The van der Waals surface area contributed by atoms with Gasteiger partial charge in [0.15, 0.2) is 11.6 Å². The molecule has 4 N–H and O–H groups in total. The topological polar surface area (TPSA) is 168 Å². The van der Waals surface area contributed by atoms with E-state index in [9.17, 15) is 19.7 Å². The number of nitrogens with one attached hydrogen (secondary N) is 2. The molecule has 3 aromatic carbocycles. The fourth-order valence-electron chi connectivity index (χ4n) is 3.36. The molecule has 0 aliphatic heterocycles. The Morgan fingerprint density at radius 1 is 0.730 bits per heavy atom. The number of nitrogens with zero attached hydrogens (tertiary/aromatic N) is 3. The smallest absolute Gasteiger partial charge is 0.335 e. The summed E-state index contributed by atoms with van der Waals surface area (Å²) in [5, 5.41) is 35.7. The molecule has 0 bridgehead atoms. The number of nitro groups is 1. The van der Waals surface area contributed by atoms with Crippen LogP contribution in [0.15, 0.2) is 79.9 Å². The molecular weight excluding hydrogens is 478 g/mol. The van der Waals surface area contributed by atoms with Gasteiger partial charge in [0, 0.05) is 23.5 Å². The summed E-state index contributed by atoms with van der Waals surface area (Å²) in [6, 6.07) is 17.1. The van der Waals surface area contributed by atoms with Crippen molar-refractivity contribution >= 4 is 62.8 Å². The van der Waals surface area contributed by atoms with Crippen LogP contribution >= 0.6 is 0 Å². The van der Waals surface area contributed by atoms with Crippen LogP contribution in [0.4, 0.5) is 28.7 Å². The molecule has 0 amide bonds. The monoisotopic (exact) mass is 497 g/mol. The number of carboxylic acids is 2. The Hall–Kier alpha value is -5.58. The van der Waals surface area contributed by atoms with Crippen molar-refractivity contribution in [1.82, 2.24) is 9.97 Å². The van der Waals surface area contributed by atoms with Crippen LogP contribution in [-0.4, -0.2) is 37.0 Å². The first-order valence-corrected chi connectivity index (χ1v) is 10.7. The van der Waals surface area contributed by atoms with Gasteiger partial charge in [0.25, 0.3) is 5.69 Å². The molecule has 4 aromatic rings. The number of aliphatic carboxylic acids is 2. The first-order chi connectivity index (χ1) is 17.6. The average molecular weight is 497 g/mol. The summed E-state index contributed by atoms with van der Waals surface area (Å²) in [7, 11) is 0. The van der Waals surface area contributed by atoms with Crippen molar-refractivity contribution in [2.75, 3.05) is 10.6 Å². The molecule has 0 radical (unpaired) electrons. The number of anilines is 4. The third-order valence-electron chi connectivity index (χ3n) is 5.37. The van der Waals surface area contributed by atoms with Gasteiger partial charge in [0.05, 0.1) is 27.1 Å². The second kappa shape index (κ2) is 9.96. The van der Waals surface area contributed by atoms with Crippen LogP contribution in [0.3, 0.4) is 0 Å². The second-order valence-electron chi connectivity index (χ2n) is 7.82. The lowest BCUT2D eigenvalue weighted by Crippen LogP contribution is -2.04. The highest BCUT2D eigenvalue weighted by molar-refractivity contribution is 6.15. The molecule has 37 heavy (non-hydrogen) atoms. The van der Waals surface area contributed by atoms with Gasteiger partial charge >= 0.3 is 11.9 Å². The Morgan fingerprint density at radius 3 is 1.57 bits per heavy atom. The van der Waals surface area contributed by atoms with Gasteiger partial charge < -0.3 is 20.8 Å².